The van der Waals surface area contributed by atoms with Crippen molar-refractivity contribution in [1.29, 1.82) is 0 Å². The lowest BCUT2D eigenvalue weighted by molar-refractivity contribution is -0.302. The van der Waals surface area contributed by atoms with Crippen LogP contribution < -0.4 is 0 Å². The van der Waals surface area contributed by atoms with Crippen LogP contribution in [0.4, 0.5) is 0 Å². The van der Waals surface area contributed by atoms with Crippen LogP contribution in [0.15, 0.2) is 18.6 Å². The molecule has 3 aromatic heterocycles. The lowest BCUT2D eigenvalue weighted by Crippen LogP contribution is -2.59. The highest BCUT2D eigenvalue weighted by Gasteiger charge is 2.58. The molecule has 0 radical (unpaired) electrons. The first-order valence-electron chi connectivity index (χ1n) is 19.7. The average molecular weight is 929 g/mol. The Labute approximate surface area is 361 Å². The Hall–Kier alpha value is -2.68. The largest absolute Gasteiger partial charge is 0.396 e. The number of hydrogen-bond acceptors (Lipinski definition) is 23. The predicted molar refractivity (Wildman–Crippen MR) is 200 cm³/mol. The topological polar surface area (TPSA) is 370 Å². The summed E-state index contributed by atoms with van der Waals surface area (Å²) >= 11 is 12.3. The van der Waals surface area contributed by atoms with E-state index < -0.39 is 128 Å². The molecule has 0 spiro atoms. The second-order valence-electron chi connectivity index (χ2n) is 15.9. The van der Waals surface area contributed by atoms with Crippen LogP contribution in [0, 0.1) is 12.8 Å². The minimum Gasteiger partial charge on any atom is -0.396 e. The van der Waals surface area contributed by atoms with Crippen molar-refractivity contribution in [3.05, 3.63) is 35.7 Å². The molecule has 3 saturated heterocycles. The molecule has 348 valence electrons. The molecule has 1 saturated carbocycles. The van der Waals surface area contributed by atoms with Gasteiger partial charge in [-0.2, -0.15) is 0 Å². The number of halogens is 2. The number of hydrogen-bond donors (Lipinski definition) is 11. The lowest BCUT2D eigenvalue weighted by atomic mass is 9.83. The van der Waals surface area contributed by atoms with E-state index in [1.165, 1.54) is 26.4 Å². The van der Waals surface area contributed by atoms with Crippen LogP contribution in [-0.2, 0) is 61.3 Å². The predicted octanol–water partition coefficient (Wildman–Crippen LogP) is -6.40. The highest BCUT2D eigenvalue weighted by atomic mass is 35.5. The van der Waals surface area contributed by atoms with Crippen LogP contribution in [0.3, 0.4) is 0 Å². The first kappa shape index (κ1) is 47.3. The standard InChI is InChI=1S/C34H51Cl2N9O17/c1-13-3-43(40-37-13)6-18-23(48)27(52)29(54)32(59-18)57-10-15-4-44(41-38-15)7-19-24(49)28(53)30(55)33(60-19)58-11-16-5-45(42-39-16)8-20-25(50)31(56)34(12-35,62-20)61-17-2-14(9-46)21(36)26(51)22(17)47/h3-5,14,17-33,46-56H,2,6-12H2,1H3/t14-,17+,18?,19-,20-,21+,22?,23-,24-,25-,26+,27+,28+,29+,30+,31+,32+,33+,34?/m1/s1. The zero-order valence-electron chi connectivity index (χ0n) is 32.9. The number of aromatic nitrogens is 9. The highest BCUT2D eigenvalue weighted by molar-refractivity contribution is 6.21. The zero-order chi connectivity index (χ0) is 44.6. The van der Waals surface area contributed by atoms with E-state index >= 15 is 0 Å². The normalized spacial score (nSPS) is 41.5. The second-order valence-corrected chi connectivity index (χ2v) is 16.7. The monoisotopic (exact) mass is 927 g/mol. The molecule has 3 unspecified atom stereocenters. The van der Waals surface area contributed by atoms with Crippen LogP contribution in [0.5, 0.6) is 0 Å². The Balaban J connectivity index is 0.906. The molecule has 28 heteroatoms. The first-order chi connectivity index (χ1) is 29.5. The smallest absolute Gasteiger partial charge is 0.211 e. The molecule has 0 bridgehead atoms. The van der Waals surface area contributed by atoms with Crippen LogP contribution in [0.25, 0.3) is 0 Å². The zero-order valence-corrected chi connectivity index (χ0v) is 34.4. The summed E-state index contributed by atoms with van der Waals surface area (Å²) < 4.78 is 38.7. The number of alkyl halides is 2. The third kappa shape index (κ3) is 9.93. The van der Waals surface area contributed by atoms with Gasteiger partial charge in [0.2, 0.25) is 5.79 Å². The molecule has 4 fully saturated rings. The van der Waals surface area contributed by atoms with E-state index in [1.54, 1.807) is 13.1 Å². The van der Waals surface area contributed by atoms with Crippen molar-refractivity contribution in [3.8, 4) is 0 Å². The summed E-state index contributed by atoms with van der Waals surface area (Å²) in [6, 6.07) is 0. The lowest BCUT2D eigenvalue weighted by Gasteiger charge is -2.43. The Morgan fingerprint density at radius 2 is 1.16 bits per heavy atom. The van der Waals surface area contributed by atoms with Gasteiger partial charge in [-0.05, 0) is 13.3 Å². The second kappa shape index (κ2) is 19.8. The maximum Gasteiger partial charge on any atom is 0.211 e. The van der Waals surface area contributed by atoms with Gasteiger partial charge < -0.3 is 84.6 Å². The SMILES string of the molecule is Cc1cn(CC2O[C@H](OCc3cn(C[C@H]4O[C@H](OCc5cn(C[C@H]6OC(CCl)(O[C@H]7C[C@H](CO)[C@H](Cl)[C@H](O)C7O)[C@@H](O)[C@@H]6O)nn5)[C@@H](O)[C@@H](O)[C@@H]4O)nn3)[C@@H](O)[C@@H](O)[C@@H]2O)nn1. The van der Waals surface area contributed by atoms with Gasteiger partial charge in [-0.1, -0.05) is 15.6 Å². The first-order valence-corrected chi connectivity index (χ1v) is 20.7. The number of aliphatic hydroxyl groups excluding tert-OH is 11. The van der Waals surface area contributed by atoms with Crippen LogP contribution >= 0.6 is 23.2 Å². The third-order valence-electron chi connectivity index (χ3n) is 11.4. The van der Waals surface area contributed by atoms with Crippen molar-refractivity contribution in [2.24, 2.45) is 5.92 Å². The number of nitrogens with zero attached hydrogens (tertiary/aromatic N) is 9. The van der Waals surface area contributed by atoms with E-state index in [4.69, 9.17) is 51.6 Å². The maximum atomic E-state index is 11.0. The van der Waals surface area contributed by atoms with Crippen molar-refractivity contribution in [2.45, 2.75) is 155 Å². The molecule has 11 N–H and O–H groups in total. The Bertz CT molecular complexity index is 1900. The van der Waals surface area contributed by atoms with Crippen LogP contribution in [-0.4, -0.2) is 223 Å². The molecule has 3 aromatic rings. The van der Waals surface area contributed by atoms with Gasteiger partial charge in [0.15, 0.2) is 12.6 Å². The molecule has 0 aromatic carbocycles. The fraction of sp³-hybridized carbons (Fsp3) is 0.824. The molecule has 62 heavy (non-hydrogen) atoms. The van der Waals surface area contributed by atoms with Crippen molar-refractivity contribution in [3.63, 3.8) is 0 Å². The fourth-order valence-corrected chi connectivity index (χ4v) is 8.43. The van der Waals surface area contributed by atoms with Gasteiger partial charge in [0.25, 0.3) is 0 Å². The molecule has 6 heterocycles. The summed E-state index contributed by atoms with van der Waals surface area (Å²) in [6.07, 6.45) is -18.7. The molecule has 19 atom stereocenters. The summed E-state index contributed by atoms with van der Waals surface area (Å²) in [5, 5.41) is 139. The summed E-state index contributed by atoms with van der Waals surface area (Å²) in [7, 11) is 0. The Kier molecular flexibility index (Phi) is 15.1. The average Bonchev–Trinajstić information content (AvgIpc) is 4.06. The quantitative estimate of drug-likeness (QED) is 0.0595. The van der Waals surface area contributed by atoms with Gasteiger partial charge in [0.05, 0.1) is 74.4 Å². The fourth-order valence-electron chi connectivity index (χ4n) is 7.82. The summed E-state index contributed by atoms with van der Waals surface area (Å²) in [5.74, 6) is -3.16. The summed E-state index contributed by atoms with van der Waals surface area (Å²) in [6.45, 7) is 0.397. The molecule has 3 aliphatic heterocycles. The van der Waals surface area contributed by atoms with Crippen molar-refractivity contribution < 1.29 is 84.6 Å². The summed E-state index contributed by atoms with van der Waals surface area (Å²) in [4.78, 5) is 0. The number of rotatable bonds is 16. The van der Waals surface area contributed by atoms with Crippen molar-refractivity contribution in [2.75, 3.05) is 12.5 Å². The van der Waals surface area contributed by atoms with Crippen molar-refractivity contribution >= 4 is 23.2 Å². The number of aliphatic hydroxyl groups is 11. The van der Waals surface area contributed by atoms with E-state index in [-0.39, 0.29) is 50.7 Å². The highest BCUT2D eigenvalue weighted by Crippen LogP contribution is 2.40. The van der Waals surface area contributed by atoms with Gasteiger partial charge in [-0.3, -0.25) is 0 Å². The minimum absolute atomic E-state index is 0.00459. The maximum absolute atomic E-state index is 11.0. The molecule has 7 rings (SSSR count). The molecular weight excluding hydrogens is 877 g/mol. The van der Waals surface area contributed by atoms with Gasteiger partial charge in [0, 0.05) is 18.7 Å². The van der Waals surface area contributed by atoms with Crippen LogP contribution in [0.2, 0.25) is 0 Å². The molecular formula is C34H51Cl2N9O17. The van der Waals surface area contributed by atoms with E-state index in [1.807, 2.05) is 0 Å². The van der Waals surface area contributed by atoms with E-state index in [0.717, 1.165) is 0 Å². The van der Waals surface area contributed by atoms with Crippen molar-refractivity contribution in [1.82, 2.24) is 45.0 Å². The molecule has 0 amide bonds. The van der Waals surface area contributed by atoms with E-state index in [9.17, 15) is 56.2 Å². The van der Waals surface area contributed by atoms with Gasteiger partial charge in [-0.25, -0.2) is 14.0 Å². The van der Waals surface area contributed by atoms with Gasteiger partial charge >= 0.3 is 0 Å². The van der Waals surface area contributed by atoms with Gasteiger partial charge in [-0.15, -0.1) is 38.5 Å². The van der Waals surface area contributed by atoms with Crippen LogP contribution in [0.1, 0.15) is 23.5 Å². The van der Waals surface area contributed by atoms with E-state index in [2.05, 4.69) is 30.9 Å². The summed E-state index contributed by atoms with van der Waals surface area (Å²) in [5.41, 5.74) is 1.06. The molecule has 26 nitrogen and oxygen atoms in total. The Morgan fingerprint density at radius 1 is 0.661 bits per heavy atom. The van der Waals surface area contributed by atoms with Gasteiger partial charge in [0.1, 0.15) is 84.6 Å². The number of aryl methyl sites for hydroxylation is 1. The van der Waals surface area contributed by atoms with E-state index in [0.29, 0.717) is 5.69 Å². The minimum atomic E-state index is -2.02. The Morgan fingerprint density at radius 3 is 1.65 bits per heavy atom. The number of ether oxygens (including phenoxy) is 6. The third-order valence-corrected chi connectivity index (χ3v) is 12.4. The molecule has 4 aliphatic rings. The molecule has 1 aliphatic carbocycles.